The topological polar surface area (TPSA) is 87.0 Å². The summed E-state index contributed by atoms with van der Waals surface area (Å²) in [5.74, 6) is 2.85. The van der Waals surface area contributed by atoms with Gasteiger partial charge in [-0.2, -0.15) is 4.91 Å². The van der Waals surface area contributed by atoms with E-state index in [0.29, 0.717) is 12.0 Å². The van der Waals surface area contributed by atoms with Crippen molar-refractivity contribution in [3.05, 3.63) is 34.7 Å². The number of nitrogens with zero attached hydrogens (tertiary/aromatic N) is 1. The Morgan fingerprint density at radius 2 is 1.71 bits per heavy atom. The molecule has 0 saturated heterocycles. The van der Waals surface area contributed by atoms with Crippen LogP contribution in [-0.2, 0) is 11.3 Å². The van der Waals surface area contributed by atoms with E-state index in [1.165, 1.54) is 0 Å². The van der Waals surface area contributed by atoms with Gasteiger partial charge in [0.15, 0.2) is 0 Å². The second kappa shape index (κ2) is 12.8. The van der Waals surface area contributed by atoms with Crippen LogP contribution in [-0.4, -0.2) is 33.8 Å². The molecule has 7 heteroatoms. The Morgan fingerprint density at radius 3 is 1.94 bits per heavy atom. The van der Waals surface area contributed by atoms with Gasteiger partial charge in [0.1, 0.15) is 0 Å². The number of benzene rings is 1. The van der Waals surface area contributed by atoms with Crippen LogP contribution in [0.2, 0.25) is 0 Å². The van der Waals surface area contributed by atoms with Crippen molar-refractivity contribution in [3.8, 4) is 0 Å². The summed E-state index contributed by atoms with van der Waals surface area (Å²) in [6.07, 6.45) is 0. The van der Waals surface area contributed by atoms with E-state index < -0.39 is 7.12 Å². The van der Waals surface area contributed by atoms with Crippen LogP contribution < -0.4 is 5.46 Å². The van der Waals surface area contributed by atoms with Crippen molar-refractivity contribution in [3.63, 3.8) is 0 Å². The standard InChI is InChI=1S/C7H9BO2.C2H5NO.CH2OS/c1-6-2-4-7(5-3-6)8(9)10;1-2-3-4;1-3-2/h2-5,9-10H,1H3;2H2,1H3;1H2. The predicted molar refractivity (Wildman–Crippen MR) is 72.6 cm³/mol. The molecule has 0 fully saturated rings. The molecule has 0 saturated carbocycles. The van der Waals surface area contributed by atoms with Crippen LogP contribution in [0.1, 0.15) is 12.5 Å². The van der Waals surface area contributed by atoms with Crippen molar-refractivity contribution < 1.29 is 14.3 Å². The molecular weight excluding hydrogens is 241 g/mol. The number of aryl methyl sites for hydroxylation is 1. The summed E-state index contributed by atoms with van der Waals surface area (Å²) in [4.78, 5) is 8.92. The molecule has 0 amide bonds. The molecule has 0 radical (unpaired) electrons. The van der Waals surface area contributed by atoms with Gasteiger partial charge in [0.2, 0.25) is 0 Å². The molecule has 0 aromatic heterocycles. The highest BCUT2D eigenvalue weighted by atomic mass is 32.1. The van der Waals surface area contributed by atoms with Crippen LogP contribution in [0.15, 0.2) is 29.4 Å². The minimum absolute atomic E-state index is 0.250. The van der Waals surface area contributed by atoms with Crippen LogP contribution in [0.25, 0.3) is 0 Å². The molecule has 2 N–H and O–H groups in total. The largest absolute Gasteiger partial charge is 0.488 e. The van der Waals surface area contributed by atoms with Crippen LogP contribution in [0.3, 0.4) is 0 Å². The van der Waals surface area contributed by atoms with Gasteiger partial charge in [-0.15, -0.1) is 0 Å². The minimum Gasteiger partial charge on any atom is -0.423 e. The Kier molecular flexibility index (Phi) is 13.6. The van der Waals surface area contributed by atoms with Crippen molar-refractivity contribution >= 4 is 29.7 Å². The van der Waals surface area contributed by atoms with Gasteiger partial charge >= 0.3 is 7.12 Å². The fraction of sp³-hybridized carbons (Fsp3) is 0.300. The summed E-state index contributed by atoms with van der Waals surface area (Å²) in [6.45, 7) is 4.04. The number of nitroso groups, excluding NO2 is 1. The summed E-state index contributed by atoms with van der Waals surface area (Å²) in [5.41, 5.74) is 1.65. The summed E-state index contributed by atoms with van der Waals surface area (Å²) in [7, 11) is -1.35. The van der Waals surface area contributed by atoms with Gasteiger partial charge < -0.3 is 10.0 Å². The highest BCUT2D eigenvalue weighted by Crippen LogP contribution is 1.92. The van der Waals surface area contributed by atoms with E-state index in [9.17, 15) is 0 Å². The van der Waals surface area contributed by atoms with Crippen LogP contribution in [0.5, 0.6) is 0 Å². The summed E-state index contributed by atoms with van der Waals surface area (Å²) in [6, 6.07) is 7.07. The molecule has 0 aliphatic carbocycles. The van der Waals surface area contributed by atoms with Crippen LogP contribution in [0, 0.1) is 11.8 Å². The average Bonchev–Trinajstić information content (AvgIpc) is 2.31. The van der Waals surface area contributed by atoms with Gasteiger partial charge in [-0.25, -0.2) is 4.21 Å². The molecule has 0 aliphatic heterocycles. The second-order valence-electron chi connectivity index (χ2n) is 2.85. The third kappa shape index (κ3) is 12.6. The molecule has 1 aromatic carbocycles. The van der Waals surface area contributed by atoms with E-state index in [4.69, 9.17) is 19.2 Å². The first kappa shape index (κ1) is 18.1. The van der Waals surface area contributed by atoms with Gasteiger partial charge in [0, 0.05) is 0 Å². The lowest BCUT2D eigenvalue weighted by molar-refractivity contribution is 0.426. The first-order valence-electron chi connectivity index (χ1n) is 4.79. The van der Waals surface area contributed by atoms with E-state index in [1.54, 1.807) is 19.1 Å². The Morgan fingerprint density at radius 1 is 1.35 bits per heavy atom. The van der Waals surface area contributed by atoms with Gasteiger partial charge in [-0.05, 0) is 25.2 Å². The SMILES string of the molecule is C=S=O.CCN=O.Cc1ccc(B(O)O)cc1. The zero-order valence-electron chi connectivity index (χ0n) is 9.87. The first-order valence-corrected chi connectivity index (χ1v) is 5.70. The Balaban J connectivity index is 0. The third-order valence-electron chi connectivity index (χ3n) is 1.50. The lowest BCUT2D eigenvalue weighted by Gasteiger charge is -1.97. The molecule has 0 aliphatic rings. The molecule has 17 heavy (non-hydrogen) atoms. The number of hydrogen-bond acceptors (Lipinski definition) is 5. The molecule has 0 unspecified atom stereocenters. The summed E-state index contributed by atoms with van der Waals surface area (Å²) < 4.78 is 8.74. The van der Waals surface area contributed by atoms with Gasteiger partial charge in [0.05, 0.1) is 17.8 Å². The Bertz CT molecular complexity index is 337. The maximum Gasteiger partial charge on any atom is 0.488 e. The lowest BCUT2D eigenvalue weighted by atomic mass is 9.80. The van der Waals surface area contributed by atoms with Gasteiger partial charge in [-0.3, -0.25) is 0 Å². The van der Waals surface area contributed by atoms with Crippen molar-refractivity contribution in [1.29, 1.82) is 0 Å². The van der Waals surface area contributed by atoms with E-state index in [0.717, 1.165) is 5.56 Å². The Labute approximate surface area is 105 Å². The fourth-order valence-corrected chi connectivity index (χ4v) is 0.739. The van der Waals surface area contributed by atoms with E-state index in [1.807, 2.05) is 19.1 Å². The van der Waals surface area contributed by atoms with Crippen molar-refractivity contribution in [2.24, 2.45) is 5.18 Å². The maximum atomic E-state index is 8.92. The van der Waals surface area contributed by atoms with Gasteiger partial charge in [-0.1, -0.05) is 35.0 Å². The molecule has 1 aromatic rings. The molecule has 0 bridgehead atoms. The van der Waals surface area contributed by atoms with Gasteiger partial charge in [0.25, 0.3) is 0 Å². The minimum atomic E-state index is -1.35. The van der Waals surface area contributed by atoms with Crippen LogP contribution in [0.4, 0.5) is 0 Å². The van der Waals surface area contributed by atoms with Crippen LogP contribution >= 0.6 is 0 Å². The second-order valence-corrected chi connectivity index (χ2v) is 3.08. The molecule has 0 atom stereocenters. The quantitative estimate of drug-likeness (QED) is 0.446. The van der Waals surface area contributed by atoms with Crippen molar-refractivity contribution in [2.45, 2.75) is 13.8 Å². The normalized spacial score (nSPS) is 7.76. The smallest absolute Gasteiger partial charge is 0.423 e. The fourth-order valence-electron chi connectivity index (χ4n) is 0.739. The molecule has 0 spiro atoms. The lowest BCUT2D eigenvalue weighted by Crippen LogP contribution is -2.29. The maximum absolute atomic E-state index is 8.92. The first-order chi connectivity index (χ1) is 8.03. The summed E-state index contributed by atoms with van der Waals surface area (Å²) >= 11 is 0.250. The molecule has 1 rings (SSSR count). The molecular formula is C10H16BNO4S. The average molecular weight is 257 g/mol. The predicted octanol–water partition coefficient (Wildman–Crippen LogP) is 0.0789. The van der Waals surface area contributed by atoms with E-state index in [2.05, 4.69) is 11.0 Å². The molecule has 0 heterocycles. The zero-order valence-corrected chi connectivity index (χ0v) is 10.7. The van der Waals surface area contributed by atoms with E-state index in [-0.39, 0.29) is 11.3 Å². The Hall–Kier alpha value is -1.31. The van der Waals surface area contributed by atoms with E-state index >= 15 is 0 Å². The zero-order chi connectivity index (χ0) is 13.7. The van der Waals surface area contributed by atoms with Crippen molar-refractivity contribution in [2.75, 3.05) is 6.54 Å². The molecule has 94 valence electrons. The number of rotatable bonds is 2. The molecule has 5 nitrogen and oxygen atoms in total. The monoisotopic (exact) mass is 257 g/mol. The highest BCUT2D eigenvalue weighted by Gasteiger charge is 2.08. The number of hydrogen-bond donors (Lipinski definition) is 2. The summed E-state index contributed by atoms with van der Waals surface area (Å²) in [5, 5.41) is 19.8. The highest BCUT2D eigenvalue weighted by molar-refractivity contribution is 7.63. The third-order valence-corrected chi connectivity index (χ3v) is 1.50. The van der Waals surface area contributed by atoms with Crippen molar-refractivity contribution in [1.82, 2.24) is 0 Å².